The van der Waals surface area contributed by atoms with Crippen LogP contribution in [0, 0.1) is 0 Å². The minimum absolute atomic E-state index is 0.267. The number of hydrogen-bond acceptors (Lipinski definition) is 5. The SMILES string of the molecule is CC(C)c1nnc(CN(C)CC[C@@H](C)O)o1. The van der Waals surface area contributed by atoms with E-state index in [1.807, 2.05) is 20.9 Å². The van der Waals surface area contributed by atoms with Crippen LogP contribution in [0.15, 0.2) is 4.42 Å². The molecular formula is C11H21N3O2. The minimum Gasteiger partial charge on any atom is -0.424 e. The Hall–Kier alpha value is -0.940. The van der Waals surface area contributed by atoms with Gasteiger partial charge in [0.05, 0.1) is 12.6 Å². The first-order chi connectivity index (χ1) is 7.49. The summed E-state index contributed by atoms with van der Waals surface area (Å²) in [7, 11) is 1.97. The summed E-state index contributed by atoms with van der Waals surface area (Å²) < 4.78 is 5.50. The summed E-state index contributed by atoms with van der Waals surface area (Å²) >= 11 is 0. The fourth-order valence-corrected chi connectivity index (χ4v) is 1.28. The van der Waals surface area contributed by atoms with Crippen LogP contribution in [0.1, 0.15) is 44.9 Å². The van der Waals surface area contributed by atoms with Crippen molar-refractivity contribution < 1.29 is 9.52 Å². The predicted molar refractivity (Wildman–Crippen MR) is 61.0 cm³/mol. The maximum absolute atomic E-state index is 9.17. The smallest absolute Gasteiger partial charge is 0.230 e. The summed E-state index contributed by atoms with van der Waals surface area (Å²) in [5.41, 5.74) is 0. The quantitative estimate of drug-likeness (QED) is 0.795. The van der Waals surface area contributed by atoms with Gasteiger partial charge in [0.2, 0.25) is 11.8 Å². The van der Waals surface area contributed by atoms with Crippen LogP contribution in [0.5, 0.6) is 0 Å². The van der Waals surface area contributed by atoms with E-state index >= 15 is 0 Å². The van der Waals surface area contributed by atoms with E-state index in [0.29, 0.717) is 18.3 Å². The van der Waals surface area contributed by atoms with Crippen molar-refractivity contribution in [2.24, 2.45) is 0 Å². The summed E-state index contributed by atoms with van der Waals surface area (Å²) in [6.45, 7) is 7.28. The summed E-state index contributed by atoms with van der Waals surface area (Å²) in [5, 5.41) is 17.1. The number of hydrogen-bond donors (Lipinski definition) is 1. The van der Waals surface area contributed by atoms with Gasteiger partial charge in [-0.1, -0.05) is 13.8 Å². The molecule has 0 amide bonds. The van der Waals surface area contributed by atoms with E-state index in [2.05, 4.69) is 15.1 Å². The molecule has 0 fully saturated rings. The van der Waals surface area contributed by atoms with Crippen molar-refractivity contribution in [3.05, 3.63) is 11.8 Å². The largest absolute Gasteiger partial charge is 0.424 e. The zero-order chi connectivity index (χ0) is 12.1. The van der Waals surface area contributed by atoms with Gasteiger partial charge in [-0.05, 0) is 20.4 Å². The molecule has 5 nitrogen and oxygen atoms in total. The summed E-state index contributed by atoms with van der Waals surface area (Å²) in [5.74, 6) is 1.58. The van der Waals surface area contributed by atoms with Crippen LogP contribution >= 0.6 is 0 Å². The van der Waals surface area contributed by atoms with Gasteiger partial charge >= 0.3 is 0 Å². The van der Waals surface area contributed by atoms with Crippen LogP contribution in [0.3, 0.4) is 0 Å². The third kappa shape index (κ3) is 4.28. The molecule has 0 bridgehead atoms. The molecule has 0 aliphatic heterocycles. The molecule has 1 rings (SSSR count). The van der Waals surface area contributed by atoms with Gasteiger partial charge in [-0.15, -0.1) is 10.2 Å². The maximum atomic E-state index is 9.17. The molecule has 1 aromatic rings. The van der Waals surface area contributed by atoms with Gasteiger partial charge in [0.15, 0.2) is 0 Å². The monoisotopic (exact) mass is 227 g/mol. The van der Waals surface area contributed by atoms with Crippen LogP contribution in [0.4, 0.5) is 0 Å². The van der Waals surface area contributed by atoms with Crippen molar-refractivity contribution in [1.82, 2.24) is 15.1 Å². The molecule has 5 heteroatoms. The van der Waals surface area contributed by atoms with Crippen molar-refractivity contribution in [2.45, 2.75) is 45.8 Å². The van der Waals surface area contributed by atoms with E-state index in [-0.39, 0.29) is 12.0 Å². The van der Waals surface area contributed by atoms with Gasteiger partial charge in [0.25, 0.3) is 0 Å². The standard InChI is InChI=1S/C11H21N3O2/c1-8(2)11-13-12-10(16-11)7-14(4)6-5-9(3)15/h8-9,15H,5-7H2,1-4H3/t9-/m1/s1. The third-order valence-electron chi connectivity index (χ3n) is 2.31. The van der Waals surface area contributed by atoms with Crippen molar-refractivity contribution in [2.75, 3.05) is 13.6 Å². The highest BCUT2D eigenvalue weighted by Crippen LogP contribution is 2.12. The maximum Gasteiger partial charge on any atom is 0.230 e. The van der Waals surface area contributed by atoms with Crippen LogP contribution < -0.4 is 0 Å². The van der Waals surface area contributed by atoms with Crippen LogP contribution in [0.25, 0.3) is 0 Å². The second-order valence-corrected chi connectivity index (χ2v) is 4.56. The highest BCUT2D eigenvalue weighted by Gasteiger charge is 2.11. The Morgan fingerprint density at radius 3 is 2.50 bits per heavy atom. The van der Waals surface area contributed by atoms with E-state index in [0.717, 1.165) is 13.0 Å². The average molecular weight is 227 g/mol. The topological polar surface area (TPSA) is 62.4 Å². The number of nitrogens with zero attached hydrogens (tertiary/aromatic N) is 3. The molecule has 0 aliphatic carbocycles. The van der Waals surface area contributed by atoms with Gasteiger partial charge in [-0.3, -0.25) is 4.90 Å². The molecular weight excluding hydrogens is 206 g/mol. The van der Waals surface area contributed by atoms with E-state index < -0.39 is 0 Å². The second kappa shape index (κ2) is 5.96. The number of aromatic nitrogens is 2. The molecule has 16 heavy (non-hydrogen) atoms. The number of aliphatic hydroxyl groups excluding tert-OH is 1. The van der Waals surface area contributed by atoms with Crippen molar-refractivity contribution >= 4 is 0 Å². The third-order valence-corrected chi connectivity index (χ3v) is 2.31. The Morgan fingerprint density at radius 1 is 1.31 bits per heavy atom. The average Bonchev–Trinajstić information content (AvgIpc) is 2.63. The minimum atomic E-state index is -0.267. The van der Waals surface area contributed by atoms with Gasteiger partial charge in [0, 0.05) is 12.5 Å². The molecule has 92 valence electrons. The fraction of sp³-hybridized carbons (Fsp3) is 0.818. The second-order valence-electron chi connectivity index (χ2n) is 4.56. The van der Waals surface area contributed by atoms with Crippen LogP contribution in [0.2, 0.25) is 0 Å². The lowest BCUT2D eigenvalue weighted by molar-refractivity contribution is 0.159. The van der Waals surface area contributed by atoms with Gasteiger partial charge in [-0.25, -0.2) is 0 Å². The summed E-state index contributed by atoms with van der Waals surface area (Å²) in [6, 6.07) is 0. The van der Waals surface area contributed by atoms with Crippen LogP contribution in [-0.2, 0) is 6.54 Å². The molecule has 0 aromatic carbocycles. The van der Waals surface area contributed by atoms with Crippen molar-refractivity contribution in [1.29, 1.82) is 0 Å². The number of aliphatic hydroxyl groups is 1. The zero-order valence-electron chi connectivity index (χ0n) is 10.5. The zero-order valence-corrected chi connectivity index (χ0v) is 10.5. The van der Waals surface area contributed by atoms with Crippen LogP contribution in [-0.4, -0.2) is 39.9 Å². The van der Waals surface area contributed by atoms with E-state index in [1.165, 1.54) is 0 Å². The van der Waals surface area contributed by atoms with Gasteiger partial charge in [0.1, 0.15) is 0 Å². The van der Waals surface area contributed by atoms with Gasteiger partial charge < -0.3 is 9.52 Å². The Kier molecular flexibility index (Phi) is 4.89. The first-order valence-electron chi connectivity index (χ1n) is 5.68. The highest BCUT2D eigenvalue weighted by molar-refractivity contribution is 4.86. The lowest BCUT2D eigenvalue weighted by Crippen LogP contribution is -2.22. The molecule has 0 aliphatic rings. The summed E-state index contributed by atoms with van der Waals surface area (Å²) in [6.07, 6.45) is 0.484. The molecule has 1 atom stereocenters. The lowest BCUT2D eigenvalue weighted by Gasteiger charge is -2.14. The first kappa shape index (κ1) is 13.1. The van der Waals surface area contributed by atoms with E-state index in [4.69, 9.17) is 9.52 Å². The molecule has 0 unspecified atom stereocenters. The molecule has 0 spiro atoms. The lowest BCUT2D eigenvalue weighted by atomic mass is 10.2. The Balaban J connectivity index is 2.40. The van der Waals surface area contributed by atoms with Gasteiger partial charge in [-0.2, -0.15) is 0 Å². The van der Waals surface area contributed by atoms with Crippen molar-refractivity contribution in [3.8, 4) is 0 Å². The van der Waals surface area contributed by atoms with E-state index in [1.54, 1.807) is 6.92 Å². The molecule has 1 aromatic heterocycles. The Labute approximate surface area is 96.5 Å². The molecule has 1 heterocycles. The number of rotatable bonds is 6. The fourth-order valence-electron chi connectivity index (χ4n) is 1.28. The van der Waals surface area contributed by atoms with E-state index in [9.17, 15) is 0 Å². The Bertz CT molecular complexity index is 310. The Morgan fingerprint density at radius 2 is 2.00 bits per heavy atom. The summed E-state index contributed by atoms with van der Waals surface area (Å²) in [4.78, 5) is 2.06. The molecule has 0 saturated heterocycles. The predicted octanol–water partition coefficient (Wildman–Crippen LogP) is 1.40. The first-order valence-corrected chi connectivity index (χ1v) is 5.68. The normalized spacial score (nSPS) is 13.7. The molecule has 0 saturated carbocycles. The highest BCUT2D eigenvalue weighted by atomic mass is 16.4. The molecule has 0 radical (unpaired) electrons. The molecule has 1 N–H and O–H groups in total. The van der Waals surface area contributed by atoms with Crippen molar-refractivity contribution in [3.63, 3.8) is 0 Å².